The predicted molar refractivity (Wildman–Crippen MR) is 85.3 cm³/mol. The Bertz CT molecular complexity index is 738. The van der Waals surface area contributed by atoms with E-state index in [1.807, 2.05) is 12.1 Å². The third kappa shape index (κ3) is 4.45. The molecule has 0 unspecified atom stereocenters. The molecule has 8 heteroatoms. The second kappa shape index (κ2) is 6.26. The molecule has 1 aromatic carbocycles. The van der Waals surface area contributed by atoms with Crippen LogP contribution in [0.15, 0.2) is 30.6 Å². The van der Waals surface area contributed by atoms with Crippen molar-refractivity contribution in [2.45, 2.75) is 25.8 Å². The van der Waals surface area contributed by atoms with E-state index in [4.69, 9.17) is 11.6 Å². The molecule has 0 amide bonds. The van der Waals surface area contributed by atoms with Crippen LogP contribution in [0.5, 0.6) is 0 Å². The van der Waals surface area contributed by atoms with Crippen molar-refractivity contribution in [3.05, 3.63) is 41.2 Å². The van der Waals surface area contributed by atoms with Gasteiger partial charge in [0, 0.05) is 5.02 Å². The average molecular weight is 341 g/mol. The van der Waals surface area contributed by atoms with E-state index in [1.165, 1.54) is 6.33 Å². The standard InChI is InChI=1S/C14H17ClN4O2S/c15-13-5-3-12(4-6-13)9-19-10-16-14(17-19)18-22(20,21)8-7-11-1-2-11/h3-6,10-11H,1-2,7-9H2,(H,17,18). The molecule has 0 spiro atoms. The highest BCUT2D eigenvalue weighted by atomic mass is 35.5. The Morgan fingerprint density at radius 2 is 2.00 bits per heavy atom. The van der Waals surface area contributed by atoms with Gasteiger partial charge < -0.3 is 0 Å². The number of benzene rings is 1. The molecule has 1 N–H and O–H groups in total. The highest BCUT2D eigenvalue weighted by Gasteiger charge is 2.24. The highest BCUT2D eigenvalue weighted by molar-refractivity contribution is 7.92. The van der Waals surface area contributed by atoms with E-state index in [1.54, 1.807) is 16.8 Å². The van der Waals surface area contributed by atoms with E-state index in [9.17, 15) is 8.42 Å². The van der Waals surface area contributed by atoms with Crippen LogP contribution in [-0.2, 0) is 16.6 Å². The number of aromatic nitrogens is 3. The first kappa shape index (κ1) is 15.3. The minimum absolute atomic E-state index is 0.116. The summed E-state index contributed by atoms with van der Waals surface area (Å²) in [7, 11) is -3.36. The Kier molecular flexibility index (Phi) is 4.35. The van der Waals surface area contributed by atoms with Gasteiger partial charge in [-0.25, -0.2) is 17.8 Å². The van der Waals surface area contributed by atoms with Gasteiger partial charge in [0.1, 0.15) is 6.33 Å². The van der Waals surface area contributed by atoms with Crippen molar-refractivity contribution in [3.63, 3.8) is 0 Å². The van der Waals surface area contributed by atoms with Crippen molar-refractivity contribution in [3.8, 4) is 0 Å². The van der Waals surface area contributed by atoms with Crippen molar-refractivity contribution in [1.29, 1.82) is 0 Å². The molecule has 1 fully saturated rings. The fraction of sp³-hybridized carbons (Fsp3) is 0.429. The Labute approximate surface area is 134 Å². The molecule has 1 aliphatic rings. The van der Waals surface area contributed by atoms with Gasteiger partial charge >= 0.3 is 0 Å². The summed E-state index contributed by atoms with van der Waals surface area (Å²) in [5.74, 6) is 0.820. The van der Waals surface area contributed by atoms with Gasteiger partial charge in [0.2, 0.25) is 10.0 Å². The summed E-state index contributed by atoms with van der Waals surface area (Å²) < 4.78 is 27.9. The van der Waals surface area contributed by atoms with Gasteiger partial charge in [-0.15, -0.1) is 5.10 Å². The number of rotatable bonds is 7. The molecule has 0 radical (unpaired) electrons. The number of sulfonamides is 1. The maximum atomic E-state index is 11.9. The fourth-order valence-corrected chi connectivity index (χ4v) is 3.36. The van der Waals surface area contributed by atoms with Crippen LogP contribution in [-0.4, -0.2) is 28.9 Å². The van der Waals surface area contributed by atoms with E-state index in [0.717, 1.165) is 18.4 Å². The smallest absolute Gasteiger partial charge is 0.250 e. The molecule has 0 saturated heterocycles. The quantitative estimate of drug-likeness (QED) is 0.840. The SMILES string of the molecule is O=S(=O)(CCC1CC1)Nc1ncn(Cc2ccc(Cl)cc2)n1. The largest absolute Gasteiger partial charge is 0.255 e. The van der Waals surface area contributed by atoms with Crippen LogP contribution in [0.3, 0.4) is 0 Å². The van der Waals surface area contributed by atoms with Crippen molar-refractivity contribution in [2.24, 2.45) is 5.92 Å². The van der Waals surface area contributed by atoms with Crippen molar-refractivity contribution in [1.82, 2.24) is 14.8 Å². The average Bonchev–Trinajstić information content (AvgIpc) is 3.21. The van der Waals surface area contributed by atoms with Crippen molar-refractivity contribution < 1.29 is 8.42 Å². The van der Waals surface area contributed by atoms with Crippen LogP contribution in [0, 0.1) is 5.92 Å². The second-order valence-electron chi connectivity index (χ2n) is 5.55. The number of halogens is 1. The van der Waals surface area contributed by atoms with E-state index >= 15 is 0 Å². The zero-order valence-corrected chi connectivity index (χ0v) is 13.5. The maximum Gasteiger partial charge on any atom is 0.255 e. The van der Waals surface area contributed by atoms with Crippen LogP contribution in [0.2, 0.25) is 5.02 Å². The van der Waals surface area contributed by atoms with Gasteiger partial charge in [-0.2, -0.15) is 4.98 Å². The van der Waals surface area contributed by atoms with E-state index in [0.29, 0.717) is 23.9 Å². The monoisotopic (exact) mass is 340 g/mol. The van der Waals surface area contributed by atoms with Crippen molar-refractivity contribution >= 4 is 27.6 Å². The molecule has 3 rings (SSSR count). The number of nitrogens with zero attached hydrogens (tertiary/aromatic N) is 3. The lowest BCUT2D eigenvalue weighted by atomic mass is 10.2. The molecule has 118 valence electrons. The Morgan fingerprint density at radius 3 is 2.68 bits per heavy atom. The molecule has 0 atom stereocenters. The van der Waals surface area contributed by atoms with Gasteiger partial charge in [-0.3, -0.25) is 0 Å². The number of hydrogen-bond acceptors (Lipinski definition) is 4. The summed E-state index contributed by atoms with van der Waals surface area (Å²) in [6.45, 7) is 0.508. The highest BCUT2D eigenvalue weighted by Crippen LogP contribution is 2.32. The number of nitrogens with one attached hydrogen (secondary N) is 1. The minimum Gasteiger partial charge on any atom is -0.250 e. The molecule has 0 bridgehead atoms. The first-order chi connectivity index (χ1) is 10.5. The van der Waals surface area contributed by atoms with Gasteiger partial charge in [-0.05, 0) is 30.0 Å². The third-order valence-electron chi connectivity index (χ3n) is 3.53. The third-order valence-corrected chi connectivity index (χ3v) is 5.05. The Balaban J connectivity index is 1.59. The number of anilines is 1. The van der Waals surface area contributed by atoms with Gasteiger partial charge in [-0.1, -0.05) is 36.6 Å². The summed E-state index contributed by atoms with van der Waals surface area (Å²) in [5.41, 5.74) is 1.01. The fourth-order valence-electron chi connectivity index (χ4n) is 2.11. The molecule has 0 aliphatic heterocycles. The summed E-state index contributed by atoms with van der Waals surface area (Å²) in [4.78, 5) is 3.99. The molecule has 2 aromatic rings. The molecule has 6 nitrogen and oxygen atoms in total. The maximum absolute atomic E-state index is 11.9. The van der Waals surface area contributed by atoms with Crippen LogP contribution in [0.25, 0.3) is 0 Å². The van der Waals surface area contributed by atoms with E-state index in [2.05, 4.69) is 14.8 Å². The van der Waals surface area contributed by atoms with E-state index in [-0.39, 0.29) is 11.7 Å². The molecular weight excluding hydrogens is 324 g/mol. The van der Waals surface area contributed by atoms with Gasteiger partial charge in [0.15, 0.2) is 0 Å². The second-order valence-corrected chi connectivity index (χ2v) is 7.82. The minimum atomic E-state index is -3.36. The summed E-state index contributed by atoms with van der Waals surface area (Å²) >= 11 is 5.84. The summed E-state index contributed by atoms with van der Waals surface area (Å²) in [6.07, 6.45) is 4.50. The lowest BCUT2D eigenvalue weighted by Gasteiger charge is -2.04. The Hall–Kier alpha value is -1.60. The lowest BCUT2D eigenvalue weighted by molar-refractivity contribution is 0.595. The first-order valence-corrected chi connectivity index (χ1v) is 9.17. The van der Waals surface area contributed by atoms with Crippen LogP contribution in [0.4, 0.5) is 5.95 Å². The topological polar surface area (TPSA) is 76.9 Å². The first-order valence-electron chi connectivity index (χ1n) is 7.14. The number of hydrogen-bond donors (Lipinski definition) is 1. The molecule has 1 aliphatic carbocycles. The molecule has 1 heterocycles. The molecule has 1 saturated carbocycles. The van der Waals surface area contributed by atoms with Crippen LogP contribution in [0.1, 0.15) is 24.8 Å². The normalized spacial score (nSPS) is 15.0. The molecule has 1 aromatic heterocycles. The van der Waals surface area contributed by atoms with Gasteiger partial charge in [0.25, 0.3) is 5.95 Å². The van der Waals surface area contributed by atoms with Crippen molar-refractivity contribution in [2.75, 3.05) is 10.5 Å². The predicted octanol–water partition coefficient (Wildman–Crippen LogP) is 2.52. The zero-order chi connectivity index (χ0) is 15.6. The zero-order valence-electron chi connectivity index (χ0n) is 11.9. The van der Waals surface area contributed by atoms with E-state index < -0.39 is 10.0 Å². The molecular formula is C14H17ClN4O2S. The molecule has 22 heavy (non-hydrogen) atoms. The lowest BCUT2D eigenvalue weighted by Crippen LogP contribution is -2.18. The summed E-state index contributed by atoms with van der Waals surface area (Å²) in [5, 5.41) is 4.81. The summed E-state index contributed by atoms with van der Waals surface area (Å²) in [6, 6.07) is 7.39. The van der Waals surface area contributed by atoms with Crippen LogP contribution >= 0.6 is 11.6 Å². The Morgan fingerprint density at radius 1 is 1.27 bits per heavy atom. The van der Waals surface area contributed by atoms with Crippen LogP contribution < -0.4 is 4.72 Å². The van der Waals surface area contributed by atoms with Gasteiger partial charge in [0.05, 0.1) is 12.3 Å².